The van der Waals surface area contributed by atoms with E-state index in [0.29, 0.717) is 12.2 Å². The van der Waals surface area contributed by atoms with Crippen LogP contribution in [0.3, 0.4) is 0 Å². The second-order valence-electron chi connectivity index (χ2n) is 6.30. The van der Waals surface area contributed by atoms with Gasteiger partial charge in [0.25, 0.3) is 0 Å². The van der Waals surface area contributed by atoms with Gasteiger partial charge in [-0.05, 0) is 31.8 Å². The number of nitrogens with one attached hydrogen (secondary N) is 3. The van der Waals surface area contributed by atoms with E-state index in [1.807, 2.05) is 6.26 Å². The molecule has 0 spiro atoms. The van der Waals surface area contributed by atoms with Gasteiger partial charge in [-0.25, -0.2) is 4.79 Å². The Kier molecular flexibility index (Phi) is 12.6. The highest BCUT2D eigenvalue weighted by Gasteiger charge is 2.28. The van der Waals surface area contributed by atoms with E-state index >= 15 is 0 Å². The molecule has 12 nitrogen and oxygen atoms in total. The molecule has 0 bridgehead atoms. The second kappa shape index (κ2) is 13.7. The summed E-state index contributed by atoms with van der Waals surface area (Å²) in [6, 6.07) is -3.56. The van der Waals surface area contributed by atoms with Gasteiger partial charge in [-0.3, -0.25) is 19.2 Å². The molecule has 0 rings (SSSR count). The molecule has 4 amide bonds. The maximum atomic E-state index is 12.2. The molecule has 9 N–H and O–H groups in total. The number of hydrogen-bond acceptors (Lipinski definition) is 8. The maximum absolute atomic E-state index is 12.2. The van der Waals surface area contributed by atoms with Crippen molar-refractivity contribution in [3.63, 3.8) is 0 Å². The largest absolute Gasteiger partial charge is 0.480 e. The predicted octanol–water partition coefficient (Wildman–Crippen LogP) is -3.12. The SMILES string of the molecule is CSCCC(N)C(=O)NC(C(=O)NCC(=O)NC(CCC(N)=O)C(=O)O)C(C)O. The maximum Gasteiger partial charge on any atom is 0.326 e. The van der Waals surface area contributed by atoms with Crippen LogP contribution in [0.15, 0.2) is 0 Å². The number of thioether (sulfide) groups is 1. The molecule has 0 radical (unpaired) electrons. The first-order valence-corrected chi connectivity index (χ1v) is 10.2. The number of carboxylic acid groups (broad SMARTS) is 1. The van der Waals surface area contributed by atoms with Crippen molar-refractivity contribution < 1.29 is 34.2 Å². The van der Waals surface area contributed by atoms with Crippen molar-refractivity contribution in [2.24, 2.45) is 11.5 Å². The van der Waals surface area contributed by atoms with E-state index in [2.05, 4.69) is 16.0 Å². The van der Waals surface area contributed by atoms with Crippen molar-refractivity contribution in [1.29, 1.82) is 0 Å². The van der Waals surface area contributed by atoms with Gasteiger partial charge in [-0.1, -0.05) is 0 Å². The molecule has 29 heavy (non-hydrogen) atoms. The Balaban J connectivity index is 4.70. The van der Waals surface area contributed by atoms with E-state index in [-0.39, 0.29) is 12.8 Å². The number of carboxylic acids is 1. The van der Waals surface area contributed by atoms with E-state index in [1.165, 1.54) is 18.7 Å². The monoisotopic (exact) mass is 435 g/mol. The van der Waals surface area contributed by atoms with Crippen LogP contribution in [0.5, 0.6) is 0 Å². The number of carbonyl (C=O) groups is 5. The fourth-order valence-electron chi connectivity index (χ4n) is 2.11. The van der Waals surface area contributed by atoms with E-state index in [9.17, 15) is 29.1 Å². The minimum atomic E-state index is -1.36. The second-order valence-corrected chi connectivity index (χ2v) is 7.28. The third-order valence-electron chi connectivity index (χ3n) is 3.77. The number of primary amides is 1. The summed E-state index contributed by atoms with van der Waals surface area (Å²) < 4.78 is 0. The van der Waals surface area contributed by atoms with Crippen molar-refractivity contribution in [1.82, 2.24) is 16.0 Å². The highest BCUT2D eigenvalue weighted by atomic mass is 32.2. The van der Waals surface area contributed by atoms with Gasteiger partial charge in [-0.2, -0.15) is 11.8 Å². The molecule has 0 aromatic heterocycles. The van der Waals surface area contributed by atoms with Gasteiger partial charge in [0.15, 0.2) is 0 Å². The molecule has 0 fully saturated rings. The summed E-state index contributed by atoms with van der Waals surface area (Å²) in [6.07, 6.45) is 0.522. The summed E-state index contributed by atoms with van der Waals surface area (Å²) in [7, 11) is 0. The molecule has 166 valence electrons. The van der Waals surface area contributed by atoms with Crippen molar-refractivity contribution in [3.8, 4) is 0 Å². The number of aliphatic hydroxyl groups is 1. The van der Waals surface area contributed by atoms with Gasteiger partial charge < -0.3 is 37.6 Å². The molecule has 0 saturated heterocycles. The number of carbonyl (C=O) groups excluding carboxylic acids is 4. The molecular formula is C16H29N5O7S. The van der Waals surface area contributed by atoms with Crippen molar-refractivity contribution in [3.05, 3.63) is 0 Å². The summed E-state index contributed by atoms with van der Waals surface area (Å²) in [6.45, 7) is 0.680. The third-order valence-corrected chi connectivity index (χ3v) is 4.41. The van der Waals surface area contributed by atoms with Crippen LogP contribution in [0.4, 0.5) is 0 Å². The van der Waals surface area contributed by atoms with Crippen LogP contribution >= 0.6 is 11.8 Å². The van der Waals surface area contributed by atoms with Crippen LogP contribution in [-0.2, 0) is 24.0 Å². The lowest BCUT2D eigenvalue weighted by Crippen LogP contribution is -2.57. The van der Waals surface area contributed by atoms with Gasteiger partial charge in [0, 0.05) is 6.42 Å². The highest BCUT2D eigenvalue weighted by molar-refractivity contribution is 7.98. The number of rotatable bonds is 14. The highest BCUT2D eigenvalue weighted by Crippen LogP contribution is 2.01. The Morgan fingerprint density at radius 2 is 1.69 bits per heavy atom. The Labute approximate surface area is 172 Å². The molecule has 0 aromatic carbocycles. The van der Waals surface area contributed by atoms with Crippen molar-refractivity contribution >= 4 is 41.4 Å². The van der Waals surface area contributed by atoms with E-state index in [0.717, 1.165) is 0 Å². The first kappa shape index (κ1) is 26.6. The lowest BCUT2D eigenvalue weighted by Gasteiger charge is -2.23. The summed E-state index contributed by atoms with van der Waals surface area (Å²) in [4.78, 5) is 58.0. The van der Waals surface area contributed by atoms with Crippen LogP contribution in [0.1, 0.15) is 26.2 Å². The number of amides is 4. The summed E-state index contributed by atoms with van der Waals surface area (Å²) >= 11 is 1.50. The molecule has 0 heterocycles. The van der Waals surface area contributed by atoms with E-state index < -0.39 is 60.4 Å². The van der Waals surface area contributed by atoms with Crippen LogP contribution in [0.2, 0.25) is 0 Å². The quantitative estimate of drug-likeness (QED) is 0.147. The van der Waals surface area contributed by atoms with Gasteiger partial charge in [0.05, 0.1) is 18.7 Å². The normalized spacial score (nSPS) is 14.8. The molecular weight excluding hydrogens is 406 g/mol. The lowest BCUT2D eigenvalue weighted by molar-refractivity contribution is -0.142. The minimum absolute atomic E-state index is 0.204. The molecule has 4 atom stereocenters. The van der Waals surface area contributed by atoms with E-state index in [1.54, 1.807) is 0 Å². The average Bonchev–Trinajstić information content (AvgIpc) is 2.64. The molecule has 0 aliphatic heterocycles. The Bertz CT molecular complexity index is 602. The smallest absolute Gasteiger partial charge is 0.326 e. The first-order chi connectivity index (χ1) is 13.5. The molecule has 13 heteroatoms. The Morgan fingerprint density at radius 1 is 1.07 bits per heavy atom. The molecule has 4 unspecified atom stereocenters. The fraction of sp³-hybridized carbons (Fsp3) is 0.688. The van der Waals surface area contributed by atoms with Crippen LogP contribution < -0.4 is 27.4 Å². The van der Waals surface area contributed by atoms with Crippen LogP contribution in [0, 0.1) is 0 Å². The third kappa shape index (κ3) is 11.3. The topological polar surface area (TPSA) is 214 Å². The number of nitrogens with two attached hydrogens (primary N) is 2. The Morgan fingerprint density at radius 3 is 2.17 bits per heavy atom. The molecule has 0 aromatic rings. The lowest BCUT2D eigenvalue weighted by atomic mass is 10.1. The molecule has 0 aliphatic carbocycles. The zero-order chi connectivity index (χ0) is 22.6. The van der Waals surface area contributed by atoms with Crippen molar-refractivity contribution in [2.75, 3.05) is 18.6 Å². The summed E-state index contributed by atoms with van der Waals surface area (Å²) in [5, 5.41) is 25.5. The molecule has 0 saturated carbocycles. The Hall–Kier alpha value is -2.38. The summed E-state index contributed by atoms with van der Waals surface area (Å²) in [5.41, 5.74) is 10.7. The minimum Gasteiger partial charge on any atom is -0.480 e. The number of aliphatic carboxylic acids is 1. The van der Waals surface area contributed by atoms with Gasteiger partial charge in [0.2, 0.25) is 23.6 Å². The van der Waals surface area contributed by atoms with Gasteiger partial charge in [-0.15, -0.1) is 0 Å². The molecule has 0 aliphatic rings. The fourth-order valence-corrected chi connectivity index (χ4v) is 2.60. The van der Waals surface area contributed by atoms with Gasteiger partial charge in [0.1, 0.15) is 12.1 Å². The van der Waals surface area contributed by atoms with Crippen molar-refractivity contribution in [2.45, 2.75) is 50.4 Å². The average molecular weight is 436 g/mol. The number of hydrogen-bond donors (Lipinski definition) is 7. The van der Waals surface area contributed by atoms with Crippen LogP contribution in [0.25, 0.3) is 0 Å². The van der Waals surface area contributed by atoms with Gasteiger partial charge >= 0.3 is 5.97 Å². The zero-order valence-corrected chi connectivity index (χ0v) is 17.2. The zero-order valence-electron chi connectivity index (χ0n) is 16.3. The predicted molar refractivity (Wildman–Crippen MR) is 106 cm³/mol. The summed E-state index contributed by atoms with van der Waals surface area (Å²) in [5.74, 6) is -3.74. The standard InChI is InChI=1S/C16H29N5O7S/c1-8(22)13(21-14(25)9(17)5-6-29-2)15(26)19-7-12(24)20-10(16(27)28)3-4-11(18)23/h8-10,13,22H,3-7,17H2,1-2H3,(H2,18,23)(H,19,26)(H,20,24)(H,21,25)(H,27,28). The number of aliphatic hydroxyl groups excluding tert-OH is 1. The first-order valence-electron chi connectivity index (χ1n) is 8.80. The van der Waals surface area contributed by atoms with Crippen LogP contribution in [-0.4, -0.2) is 82.6 Å². The van der Waals surface area contributed by atoms with E-state index in [4.69, 9.17) is 16.6 Å².